The number of rotatable bonds is 4. The largest absolute Gasteiger partial charge is 0.465 e. The first-order chi connectivity index (χ1) is 9.35. The summed E-state index contributed by atoms with van der Waals surface area (Å²) in [4.78, 5) is 15.5. The van der Waals surface area contributed by atoms with Crippen molar-refractivity contribution in [3.63, 3.8) is 0 Å². The molecule has 2 heterocycles. The van der Waals surface area contributed by atoms with Crippen LogP contribution in [0, 0.1) is 13.8 Å². The van der Waals surface area contributed by atoms with Crippen molar-refractivity contribution in [3.8, 4) is 0 Å². The van der Waals surface area contributed by atoms with Crippen molar-refractivity contribution in [2.75, 3.05) is 11.8 Å². The lowest BCUT2D eigenvalue weighted by Gasteiger charge is -2.06. The van der Waals surface area contributed by atoms with Gasteiger partial charge in [-0.25, -0.2) is 18.2 Å². The number of thiophene rings is 1. The first-order valence-corrected chi connectivity index (χ1v) is 8.48. The third-order valence-electron chi connectivity index (χ3n) is 2.31. The molecule has 0 saturated heterocycles. The lowest BCUT2D eigenvalue weighted by molar-refractivity contribution is 0.0602. The Morgan fingerprint density at radius 2 is 2.10 bits per heavy atom. The van der Waals surface area contributed by atoms with E-state index in [1.54, 1.807) is 19.2 Å². The molecule has 0 aliphatic carbocycles. The number of nitrogens with one attached hydrogen (secondary N) is 1. The van der Waals surface area contributed by atoms with Crippen LogP contribution in [0.3, 0.4) is 0 Å². The van der Waals surface area contributed by atoms with E-state index < -0.39 is 16.0 Å². The van der Waals surface area contributed by atoms with Crippen LogP contribution in [0.4, 0.5) is 5.13 Å². The Hall–Kier alpha value is -1.52. The van der Waals surface area contributed by atoms with Gasteiger partial charge in [0, 0.05) is 11.5 Å². The topological polar surface area (TPSA) is 98.2 Å². The van der Waals surface area contributed by atoms with Crippen LogP contribution in [0.2, 0.25) is 0 Å². The van der Waals surface area contributed by atoms with Crippen molar-refractivity contribution in [2.45, 2.75) is 18.7 Å². The molecule has 0 atom stereocenters. The number of esters is 1. The molecular formula is C10H11N3O4S3. The van der Waals surface area contributed by atoms with Crippen LogP contribution < -0.4 is 4.72 Å². The second kappa shape index (κ2) is 5.46. The molecular weight excluding hydrogens is 322 g/mol. The number of sulfonamides is 1. The van der Waals surface area contributed by atoms with Gasteiger partial charge in [-0.05, 0) is 24.8 Å². The minimum atomic E-state index is -3.91. The third kappa shape index (κ3) is 2.81. The van der Waals surface area contributed by atoms with E-state index in [2.05, 4.69) is 18.8 Å². The molecule has 2 aromatic heterocycles. The van der Waals surface area contributed by atoms with E-state index in [0.29, 0.717) is 11.4 Å². The third-order valence-corrected chi connectivity index (χ3v) is 5.89. The van der Waals surface area contributed by atoms with Crippen LogP contribution in [0.15, 0.2) is 10.3 Å². The standard InChI is InChI=1S/C10H11N3O4S3/c1-5-4-18-7(9(14)17-3)8(5)20(15,16)13-10-11-6(2)12-19-10/h4H,1-3H3,(H,11,12,13). The molecule has 7 nitrogen and oxygen atoms in total. The summed E-state index contributed by atoms with van der Waals surface area (Å²) in [6.07, 6.45) is 0. The summed E-state index contributed by atoms with van der Waals surface area (Å²) in [7, 11) is -2.70. The second-order valence-corrected chi connectivity index (χ2v) is 7.07. The van der Waals surface area contributed by atoms with Gasteiger partial charge in [0.1, 0.15) is 15.6 Å². The van der Waals surface area contributed by atoms with E-state index in [0.717, 1.165) is 22.9 Å². The molecule has 10 heteroatoms. The summed E-state index contributed by atoms with van der Waals surface area (Å²) in [6, 6.07) is 0. The SMILES string of the molecule is COC(=O)c1scc(C)c1S(=O)(=O)Nc1nc(C)ns1. The Balaban J connectivity index is 2.44. The summed E-state index contributed by atoms with van der Waals surface area (Å²) >= 11 is 1.96. The number of carbonyl (C=O) groups excluding carboxylic acids is 1. The zero-order chi connectivity index (χ0) is 14.9. The maximum absolute atomic E-state index is 12.4. The average Bonchev–Trinajstić information content (AvgIpc) is 2.94. The molecule has 0 saturated carbocycles. The molecule has 0 aromatic carbocycles. The van der Waals surface area contributed by atoms with Gasteiger partial charge in [0.25, 0.3) is 10.0 Å². The van der Waals surface area contributed by atoms with Crippen molar-refractivity contribution in [2.24, 2.45) is 0 Å². The highest BCUT2D eigenvalue weighted by Gasteiger charge is 2.28. The highest BCUT2D eigenvalue weighted by molar-refractivity contribution is 7.93. The molecule has 0 amide bonds. The molecule has 0 spiro atoms. The minimum absolute atomic E-state index is 0.0405. The first kappa shape index (κ1) is 14.9. The van der Waals surface area contributed by atoms with Crippen LogP contribution in [0.1, 0.15) is 21.1 Å². The summed E-state index contributed by atoms with van der Waals surface area (Å²) in [5, 5.41) is 1.75. The van der Waals surface area contributed by atoms with Crippen LogP contribution >= 0.6 is 22.9 Å². The van der Waals surface area contributed by atoms with E-state index in [1.165, 1.54) is 7.11 Å². The quantitative estimate of drug-likeness (QED) is 0.857. The van der Waals surface area contributed by atoms with Gasteiger partial charge in [0.05, 0.1) is 7.11 Å². The summed E-state index contributed by atoms with van der Waals surface area (Å²) in [5.74, 6) is -0.208. The molecule has 0 radical (unpaired) electrons. The fourth-order valence-electron chi connectivity index (χ4n) is 1.51. The number of carbonyl (C=O) groups is 1. The summed E-state index contributed by atoms with van der Waals surface area (Å²) in [5.41, 5.74) is 0.476. The van der Waals surface area contributed by atoms with Crippen molar-refractivity contribution in [1.29, 1.82) is 0 Å². The zero-order valence-corrected chi connectivity index (χ0v) is 13.3. The highest BCUT2D eigenvalue weighted by atomic mass is 32.2. The van der Waals surface area contributed by atoms with E-state index in [1.807, 2.05) is 0 Å². The Bertz CT molecular complexity index is 748. The maximum Gasteiger partial charge on any atom is 0.349 e. The number of methoxy groups -OCH3 is 1. The van der Waals surface area contributed by atoms with E-state index in [4.69, 9.17) is 0 Å². The zero-order valence-electron chi connectivity index (χ0n) is 10.8. The molecule has 0 fully saturated rings. The van der Waals surface area contributed by atoms with Gasteiger partial charge in [0.2, 0.25) is 5.13 Å². The van der Waals surface area contributed by atoms with E-state index in [-0.39, 0.29) is 14.9 Å². The molecule has 0 bridgehead atoms. The van der Waals surface area contributed by atoms with Crippen LogP contribution in [0.5, 0.6) is 0 Å². The van der Waals surface area contributed by atoms with Crippen molar-refractivity contribution >= 4 is 44.0 Å². The number of anilines is 1. The Morgan fingerprint density at radius 3 is 2.65 bits per heavy atom. The molecule has 108 valence electrons. The van der Waals surface area contributed by atoms with Gasteiger partial charge >= 0.3 is 5.97 Å². The average molecular weight is 333 g/mol. The van der Waals surface area contributed by atoms with Gasteiger partial charge < -0.3 is 4.74 Å². The summed E-state index contributed by atoms with van der Waals surface area (Å²) in [6.45, 7) is 3.27. The Labute approximate surface area is 123 Å². The lowest BCUT2D eigenvalue weighted by atomic mass is 10.3. The smallest absolute Gasteiger partial charge is 0.349 e. The number of aromatic nitrogens is 2. The van der Waals surface area contributed by atoms with Crippen LogP contribution in [0.25, 0.3) is 0 Å². The number of nitrogens with zero attached hydrogens (tertiary/aromatic N) is 2. The van der Waals surface area contributed by atoms with E-state index >= 15 is 0 Å². The van der Waals surface area contributed by atoms with Gasteiger partial charge in [-0.1, -0.05) is 0 Å². The molecule has 0 aliphatic rings. The van der Waals surface area contributed by atoms with Crippen molar-refractivity contribution in [3.05, 3.63) is 21.6 Å². The predicted molar refractivity (Wildman–Crippen MR) is 75.9 cm³/mol. The van der Waals surface area contributed by atoms with Crippen LogP contribution in [-0.4, -0.2) is 30.9 Å². The second-order valence-electron chi connectivity index (χ2n) is 3.82. The molecule has 0 unspecified atom stereocenters. The first-order valence-electron chi connectivity index (χ1n) is 5.34. The predicted octanol–water partition coefficient (Wildman–Crippen LogP) is 1.80. The molecule has 1 N–H and O–H groups in total. The fraction of sp³-hybridized carbons (Fsp3) is 0.300. The number of hydrogen-bond donors (Lipinski definition) is 1. The van der Waals surface area contributed by atoms with Crippen molar-refractivity contribution < 1.29 is 17.9 Å². The van der Waals surface area contributed by atoms with Crippen LogP contribution in [-0.2, 0) is 14.8 Å². The normalized spacial score (nSPS) is 11.3. The van der Waals surface area contributed by atoms with Crippen molar-refractivity contribution in [1.82, 2.24) is 9.36 Å². The number of ether oxygens (including phenoxy) is 1. The lowest BCUT2D eigenvalue weighted by Crippen LogP contribution is -2.16. The summed E-state index contributed by atoms with van der Waals surface area (Å²) < 4.78 is 35.5. The molecule has 2 rings (SSSR count). The maximum atomic E-state index is 12.4. The van der Waals surface area contributed by atoms with Gasteiger partial charge in [-0.15, -0.1) is 11.3 Å². The van der Waals surface area contributed by atoms with Gasteiger partial charge in [0.15, 0.2) is 0 Å². The minimum Gasteiger partial charge on any atom is -0.465 e. The fourth-order valence-corrected chi connectivity index (χ4v) is 5.01. The molecule has 20 heavy (non-hydrogen) atoms. The number of hydrogen-bond acceptors (Lipinski definition) is 8. The van der Waals surface area contributed by atoms with Gasteiger partial charge in [-0.2, -0.15) is 4.37 Å². The number of aryl methyl sites for hydroxylation is 2. The highest BCUT2D eigenvalue weighted by Crippen LogP contribution is 2.29. The van der Waals surface area contributed by atoms with E-state index in [9.17, 15) is 13.2 Å². The Kier molecular flexibility index (Phi) is 4.06. The van der Waals surface area contributed by atoms with Gasteiger partial charge in [-0.3, -0.25) is 4.72 Å². The molecule has 2 aromatic rings. The monoisotopic (exact) mass is 333 g/mol. The Morgan fingerprint density at radius 1 is 1.40 bits per heavy atom. The molecule has 0 aliphatic heterocycles.